The topological polar surface area (TPSA) is 90.6 Å². The summed E-state index contributed by atoms with van der Waals surface area (Å²) in [7, 11) is 1.36. The van der Waals surface area contributed by atoms with E-state index in [1.54, 1.807) is 24.3 Å². The number of amides is 1. The first-order chi connectivity index (χ1) is 10.9. The number of benzene rings is 1. The van der Waals surface area contributed by atoms with E-state index < -0.39 is 6.04 Å². The van der Waals surface area contributed by atoms with Crippen molar-refractivity contribution in [2.75, 3.05) is 19.0 Å². The lowest BCUT2D eigenvalue weighted by Crippen LogP contribution is -2.36. The van der Waals surface area contributed by atoms with Crippen LogP contribution >= 0.6 is 0 Å². The van der Waals surface area contributed by atoms with Crippen LogP contribution in [0.3, 0.4) is 0 Å². The molecule has 0 saturated heterocycles. The van der Waals surface area contributed by atoms with E-state index in [0.29, 0.717) is 43.2 Å². The predicted molar refractivity (Wildman–Crippen MR) is 89.2 cm³/mol. The lowest BCUT2D eigenvalue weighted by Gasteiger charge is -2.14. The second-order valence-corrected chi connectivity index (χ2v) is 5.78. The van der Waals surface area contributed by atoms with Crippen molar-refractivity contribution in [1.29, 1.82) is 0 Å². The number of hydrogen-bond donors (Lipinski definition) is 2. The third-order valence-corrected chi connectivity index (χ3v) is 3.21. The van der Waals surface area contributed by atoms with Crippen LogP contribution in [0.2, 0.25) is 0 Å². The number of esters is 1. The first-order valence-electron chi connectivity index (χ1n) is 7.78. The van der Waals surface area contributed by atoms with Gasteiger partial charge >= 0.3 is 5.97 Å². The minimum absolute atomic E-state index is 0.189. The van der Waals surface area contributed by atoms with Crippen molar-refractivity contribution in [3.8, 4) is 5.75 Å². The van der Waals surface area contributed by atoms with Crippen molar-refractivity contribution in [2.45, 2.75) is 39.2 Å². The van der Waals surface area contributed by atoms with Gasteiger partial charge in [-0.1, -0.05) is 13.8 Å². The summed E-state index contributed by atoms with van der Waals surface area (Å²) in [5, 5.41) is 2.78. The van der Waals surface area contributed by atoms with Gasteiger partial charge in [0.05, 0.1) is 19.8 Å². The molecule has 0 saturated carbocycles. The van der Waals surface area contributed by atoms with E-state index in [0.717, 1.165) is 0 Å². The minimum Gasteiger partial charge on any atom is -0.494 e. The Labute approximate surface area is 137 Å². The molecule has 3 N–H and O–H groups in total. The zero-order valence-corrected chi connectivity index (χ0v) is 14.0. The van der Waals surface area contributed by atoms with Crippen LogP contribution in [0.15, 0.2) is 24.3 Å². The van der Waals surface area contributed by atoms with Gasteiger partial charge in [-0.2, -0.15) is 0 Å². The summed E-state index contributed by atoms with van der Waals surface area (Å²) in [5.74, 6) is 0.616. The fourth-order valence-electron chi connectivity index (χ4n) is 1.99. The molecule has 0 unspecified atom stereocenters. The molecule has 6 nitrogen and oxygen atoms in total. The van der Waals surface area contributed by atoms with Gasteiger partial charge in [-0.25, -0.2) is 0 Å². The SMILES string of the molecule is COC(=O)CCCOc1ccc(NC(=O)[C@@H](N)CC(C)C)cc1. The Morgan fingerprint density at radius 1 is 1.22 bits per heavy atom. The maximum Gasteiger partial charge on any atom is 0.305 e. The number of nitrogens with one attached hydrogen (secondary N) is 1. The number of nitrogens with two attached hydrogens (primary N) is 1. The van der Waals surface area contributed by atoms with Crippen molar-refractivity contribution in [1.82, 2.24) is 0 Å². The number of carbonyl (C=O) groups is 2. The average molecular weight is 322 g/mol. The quantitative estimate of drug-likeness (QED) is 0.538. The van der Waals surface area contributed by atoms with Gasteiger partial charge in [0.25, 0.3) is 0 Å². The van der Waals surface area contributed by atoms with Crippen LogP contribution in [-0.2, 0) is 14.3 Å². The normalized spacial score (nSPS) is 11.9. The second kappa shape index (κ2) is 9.84. The molecule has 1 amide bonds. The van der Waals surface area contributed by atoms with Gasteiger partial charge in [-0.05, 0) is 43.0 Å². The molecule has 0 spiro atoms. The number of hydrogen-bond acceptors (Lipinski definition) is 5. The highest BCUT2D eigenvalue weighted by atomic mass is 16.5. The van der Waals surface area contributed by atoms with E-state index in [1.807, 2.05) is 13.8 Å². The highest BCUT2D eigenvalue weighted by Crippen LogP contribution is 2.16. The van der Waals surface area contributed by atoms with Gasteiger partial charge in [0, 0.05) is 12.1 Å². The van der Waals surface area contributed by atoms with E-state index in [2.05, 4.69) is 10.1 Å². The monoisotopic (exact) mass is 322 g/mol. The van der Waals surface area contributed by atoms with Crippen LogP contribution in [0.25, 0.3) is 0 Å². The highest BCUT2D eigenvalue weighted by Gasteiger charge is 2.14. The Hall–Kier alpha value is -2.08. The second-order valence-electron chi connectivity index (χ2n) is 5.78. The third-order valence-electron chi connectivity index (χ3n) is 3.21. The molecular formula is C17H26N2O4. The number of carbonyl (C=O) groups excluding carboxylic acids is 2. The third kappa shape index (κ3) is 7.65. The Bertz CT molecular complexity index is 500. The van der Waals surface area contributed by atoms with Crippen molar-refractivity contribution >= 4 is 17.6 Å². The first-order valence-corrected chi connectivity index (χ1v) is 7.78. The Balaban J connectivity index is 2.38. The molecule has 23 heavy (non-hydrogen) atoms. The number of ether oxygens (including phenoxy) is 2. The molecule has 1 rings (SSSR count). The Morgan fingerprint density at radius 3 is 2.43 bits per heavy atom. The maximum absolute atomic E-state index is 11.9. The molecule has 1 aromatic carbocycles. The van der Waals surface area contributed by atoms with Crippen molar-refractivity contribution in [3.05, 3.63) is 24.3 Å². The lowest BCUT2D eigenvalue weighted by molar-refractivity contribution is -0.140. The molecule has 0 aliphatic rings. The molecule has 0 radical (unpaired) electrons. The van der Waals surface area contributed by atoms with Crippen molar-refractivity contribution < 1.29 is 19.1 Å². The summed E-state index contributed by atoms with van der Waals surface area (Å²) in [5.41, 5.74) is 6.52. The molecule has 0 aliphatic heterocycles. The maximum atomic E-state index is 11.9. The minimum atomic E-state index is -0.510. The molecule has 6 heteroatoms. The number of anilines is 1. The molecule has 0 fully saturated rings. The molecule has 1 aromatic rings. The molecule has 0 aliphatic carbocycles. The Kier molecular flexibility index (Phi) is 8.11. The van der Waals surface area contributed by atoms with Gasteiger partial charge in [-0.3, -0.25) is 9.59 Å². The molecule has 0 bridgehead atoms. The summed E-state index contributed by atoms with van der Waals surface area (Å²) in [6.07, 6.45) is 1.57. The van der Waals surface area contributed by atoms with E-state index in [4.69, 9.17) is 10.5 Å². The average Bonchev–Trinajstić information content (AvgIpc) is 2.52. The summed E-state index contributed by atoms with van der Waals surface area (Å²) < 4.78 is 10.1. The highest BCUT2D eigenvalue weighted by molar-refractivity contribution is 5.94. The van der Waals surface area contributed by atoms with Crippen molar-refractivity contribution in [3.63, 3.8) is 0 Å². The summed E-state index contributed by atoms with van der Waals surface area (Å²) in [6.45, 7) is 4.49. The van der Waals surface area contributed by atoms with Crippen molar-refractivity contribution in [2.24, 2.45) is 11.7 Å². The molecule has 0 aromatic heterocycles. The standard InChI is InChI=1S/C17H26N2O4/c1-12(2)11-15(18)17(21)19-13-6-8-14(9-7-13)23-10-4-5-16(20)22-3/h6-9,12,15H,4-5,10-11,18H2,1-3H3,(H,19,21)/t15-/m0/s1. The molecule has 0 heterocycles. The lowest BCUT2D eigenvalue weighted by atomic mass is 10.0. The number of rotatable bonds is 9. The van der Waals surface area contributed by atoms with Crippen LogP contribution < -0.4 is 15.8 Å². The van der Waals surface area contributed by atoms with E-state index in [-0.39, 0.29) is 11.9 Å². The van der Waals surface area contributed by atoms with Gasteiger partial charge in [0.1, 0.15) is 5.75 Å². The number of methoxy groups -OCH3 is 1. The van der Waals surface area contributed by atoms with Crippen LogP contribution in [-0.4, -0.2) is 31.6 Å². The smallest absolute Gasteiger partial charge is 0.305 e. The first kappa shape index (κ1) is 19.0. The molecule has 128 valence electrons. The summed E-state index contributed by atoms with van der Waals surface area (Å²) in [6, 6.07) is 6.54. The Morgan fingerprint density at radius 2 is 1.87 bits per heavy atom. The predicted octanol–water partition coefficient (Wildman–Crippen LogP) is 2.33. The van der Waals surface area contributed by atoms with Crippen LogP contribution in [0.1, 0.15) is 33.1 Å². The van der Waals surface area contributed by atoms with Gasteiger partial charge in [0.15, 0.2) is 0 Å². The van der Waals surface area contributed by atoms with E-state index in [1.165, 1.54) is 7.11 Å². The van der Waals surface area contributed by atoms with Gasteiger partial charge < -0.3 is 20.5 Å². The van der Waals surface area contributed by atoms with Crippen LogP contribution in [0.5, 0.6) is 5.75 Å². The van der Waals surface area contributed by atoms with E-state index >= 15 is 0 Å². The van der Waals surface area contributed by atoms with Gasteiger partial charge in [-0.15, -0.1) is 0 Å². The largest absolute Gasteiger partial charge is 0.494 e. The fraction of sp³-hybridized carbons (Fsp3) is 0.529. The van der Waals surface area contributed by atoms with Crippen LogP contribution in [0, 0.1) is 5.92 Å². The molecular weight excluding hydrogens is 296 g/mol. The summed E-state index contributed by atoms with van der Waals surface area (Å²) in [4.78, 5) is 22.9. The van der Waals surface area contributed by atoms with Crippen LogP contribution in [0.4, 0.5) is 5.69 Å². The molecule has 1 atom stereocenters. The zero-order chi connectivity index (χ0) is 17.2. The summed E-state index contributed by atoms with van der Waals surface area (Å²) >= 11 is 0. The van der Waals surface area contributed by atoms with Gasteiger partial charge in [0.2, 0.25) is 5.91 Å². The zero-order valence-electron chi connectivity index (χ0n) is 14.0. The fourth-order valence-corrected chi connectivity index (χ4v) is 1.99. The van der Waals surface area contributed by atoms with E-state index in [9.17, 15) is 9.59 Å².